The minimum atomic E-state index is -0.849. The Kier molecular flexibility index (Phi) is 4.56. The summed E-state index contributed by atoms with van der Waals surface area (Å²) in [5.41, 5.74) is 1.22. The zero-order valence-electron chi connectivity index (χ0n) is 10.4. The molecule has 0 heterocycles. The highest BCUT2D eigenvalue weighted by molar-refractivity contribution is 9.10. The number of hydrogen-bond acceptors (Lipinski definition) is 2. The van der Waals surface area contributed by atoms with Gasteiger partial charge in [0.1, 0.15) is 17.7 Å². The van der Waals surface area contributed by atoms with Gasteiger partial charge in [0, 0.05) is 0 Å². The van der Waals surface area contributed by atoms with Crippen LogP contribution >= 0.6 is 15.9 Å². The van der Waals surface area contributed by atoms with E-state index < -0.39 is 6.10 Å². The molecule has 1 unspecified atom stereocenters. The van der Waals surface area contributed by atoms with Crippen molar-refractivity contribution in [1.82, 2.24) is 0 Å². The van der Waals surface area contributed by atoms with Crippen molar-refractivity contribution in [3.8, 4) is 5.75 Å². The van der Waals surface area contributed by atoms with Gasteiger partial charge in [-0.3, -0.25) is 0 Å². The van der Waals surface area contributed by atoms with Crippen molar-refractivity contribution in [3.63, 3.8) is 0 Å². The van der Waals surface area contributed by atoms with Crippen LogP contribution in [0.1, 0.15) is 24.2 Å². The summed E-state index contributed by atoms with van der Waals surface area (Å²) in [6.07, 6.45) is -0.849. The van der Waals surface area contributed by atoms with Crippen LogP contribution in [-0.2, 0) is 0 Å². The number of ether oxygens (including phenoxy) is 1. The number of benzene rings is 2. The first-order valence-corrected chi connectivity index (χ1v) is 6.77. The Morgan fingerprint density at radius 1 is 1.16 bits per heavy atom. The van der Waals surface area contributed by atoms with Crippen molar-refractivity contribution < 1.29 is 14.2 Å². The van der Waals surface area contributed by atoms with Crippen molar-refractivity contribution in [2.75, 3.05) is 6.61 Å². The van der Waals surface area contributed by atoms with E-state index in [1.807, 2.05) is 6.92 Å². The molecule has 1 atom stereocenters. The molecule has 0 aliphatic heterocycles. The summed E-state index contributed by atoms with van der Waals surface area (Å²) in [7, 11) is 0. The minimum absolute atomic E-state index is 0.384. The second-order valence-corrected chi connectivity index (χ2v) is 4.93. The summed E-state index contributed by atoms with van der Waals surface area (Å²) in [6, 6.07) is 11.7. The highest BCUT2D eigenvalue weighted by Gasteiger charge is 2.12. The zero-order chi connectivity index (χ0) is 13.8. The van der Waals surface area contributed by atoms with E-state index in [2.05, 4.69) is 15.9 Å². The molecule has 0 fully saturated rings. The highest BCUT2D eigenvalue weighted by Crippen LogP contribution is 2.26. The van der Waals surface area contributed by atoms with Gasteiger partial charge >= 0.3 is 0 Å². The molecule has 2 rings (SSSR count). The molecule has 0 saturated heterocycles. The largest absolute Gasteiger partial charge is 0.494 e. The molecular weight excluding hydrogens is 311 g/mol. The van der Waals surface area contributed by atoms with E-state index in [1.165, 1.54) is 6.07 Å². The van der Waals surface area contributed by atoms with Gasteiger partial charge in [-0.25, -0.2) is 4.39 Å². The summed E-state index contributed by atoms with van der Waals surface area (Å²) in [5, 5.41) is 10.2. The lowest BCUT2D eigenvalue weighted by Gasteiger charge is -2.12. The van der Waals surface area contributed by atoms with E-state index in [0.717, 1.165) is 5.75 Å². The van der Waals surface area contributed by atoms with Gasteiger partial charge in [-0.15, -0.1) is 0 Å². The average molecular weight is 325 g/mol. The van der Waals surface area contributed by atoms with E-state index >= 15 is 0 Å². The van der Waals surface area contributed by atoms with Crippen molar-refractivity contribution in [2.24, 2.45) is 0 Å². The van der Waals surface area contributed by atoms with Gasteiger partial charge < -0.3 is 9.84 Å². The predicted octanol–water partition coefficient (Wildman–Crippen LogP) is 4.07. The summed E-state index contributed by atoms with van der Waals surface area (Å²) in [6.45, 7) is 2.51. The molecule has 0 bridgehead atoms. The van der Waals surface area contributed by atoms with Crippen LogP contribution in [0.2, 0.25) is 0 Å². The Morgan fingerprint density at radius 3 is 2.37 bits per heavy atom. The van der Waals surface area contributed by atoms with Crippen LogP contribution in [0.4, 0.5) is 4.39 Å². The Labute approximate surface area is 120 Å². The van der Waals surface area contributed by atoms with E-state index in [-0.39, 0.29) is 5.82 Å². The number of rotatable bonds is 4. The molecule has 0 aliphatic carbocycles. The fourth-order valence-corrected chi connectivity index (χ4v) is 2.03. The first kappa shape index (κ1) is 14.0. The van der Waals surface area contributed by atoms with Crippen molar-refractivity contribution >= 4 is 15.9 Å². The molecule has 0 aliphatic rings. The van der Waals surface area contributed by atoms with Gasteiger partial charge in [0.25, 0.3) is 0 Å². The molecule has 100 valence electrons. The van der Waals surface area contributed by atoms with Gasteiger partial charge in [0.2, 0.25) is 0 Å². The van der Waals surface area contributed by atoms with Gasteiger partial charge in [0.15, 0.2) is 0 Å². The quantitative estimate of drug-likeness (QED) is 0.918. The van der Waals surface area contributed by atoms with Crippen molar-refractivity contribution in [3.05, 3.63) is 63.9 Å². The Hall–Kier alpha value is -1.39. The van der Waals surface area contributed by atoms with E-state index in [0.29, 0.717) is 22.2 Å². The summed E-state index contributed by atoms with van der Waals surface area (Å²) >= 11 is 3.09. The summed E-state index contributed by atoms with van der Waals surface area (Å²) in [5.74, 6) is 0.364. The van der Waals surface area contributed by atoms with E-state index in [9.17, 15) is 9.50 Å². The molecular formula is C15H14BrFO2. The smallest absolute Gasteiger partial charge is 0.137 e. The molecule has 19 heavy (non-hydrogen) atoms. The maximum atomic E-state index is 13.4. The SMILES string of the molecule is CCOc1ccc(C(O)c2ccc(Br)c(F)c2)cc1. The molecule has 2 aromatic carbocycles. The molecule has 0 saturated carbocycles. The Morgan fingerprint density at radius 2 is 1.79 bits per heavy atom. The minimum Gasteiger partial charge on any atom is -0.494 e. The third-order valence-electron chi connectivity index (χ3n) is 2.77. The third kappa shape index (κ3) is 3.33. The van der Waals surface area contributed by atoms with Gasteiger partial charge in [-0.2, -0.15) is 0 Å². The molecule has 0 aromatic heterocycles. The second-order valence-electron chi connectivity index (χ2n) is 4.08. The topological polar surface area (TPSA) is 29.5 Å². The number of aliphatic hydroxyl groups is 1. The monoisotopic (exact) mass is 324 g/mol. The first-order chi connectivity index (χ1) is 9.11. The van der Waals surface area contributed by atoms with Crippen molar-refractivity contribution in [1.29, 1.82) is 0 Å². The maximum absolute atomic E-state index is 13.4. The van der Waals surface area contributed by atoms with Crippen LogP contribution in [0.15, 0.2) is 46.9 Å². The van der Waals surface area contributed by atoms with Crippen LogP contribution in [0, 0.1) is 5.82 Å². The predicted molar refractivity (Wildman–Crippen MR) is 75.8 cm³/mol. The van der Waals surface area contributed by atoms with Crippen LogP contribution in [0.25, 0.3) is 0 Å². The first-order valence-electron chi connectivity index (χ1n) is 5.97. The summed E-state index contributed by atoms with van der Waals surface area (Å²) in [4.78, 5) is 0. The fourth-order valence-electron chi connectivity index (χ4n) is 1.79. The van der Waals surface area contributed by atoms with Crippen LogP contribution < -0.4 is 4.74 Å². The molecule has 1 N–H and O–H groups in total. The average Bonchev–Trinajstić information content (AvgIpc) is 2.42. The maximum Gasteiger partial charge on any atom is 0.137 e. The Balaban J connectivity index is 2.22. The van der Waals surface area contributed by atoms with E-state index in [4.69, 9.17) is 4.74 Å². The normalized spacial score (nSPS) is 12.2. The fraction of sp³-hybridized carbons (Fsp3) is 0.200. The lowest BCUT2D eigenvalue weighted by molar-refractivity contribution is 0.219. The van der Waals surface area contributed by atoms with Gasteiger partial charge in [0.05, 0.1) is 11.1 Å². The van der Waals surface area contributed by atoms with Crippen molar-refractivity contribution in [2.45, 2.75) is 13.0 Å². The lowest BCUT2D eigenvalue weighted by Crippen LogP contribution is -2.00. The Bertz CT molecular complexity index is 555. The third-order valence-corrected chi connectivity index (χ3v) is 3.41. The molecule has 2 aromatic rings. The lowest BCUT2D eigenvalue weighted by atomic mass is 10.0. The van der Waals surface area contributed by atoms with Crippen LogP contribution in [0.3, 0.4) is 0 Å². The second kappa shape index (κ2) is 6.17. The number of aliphatic hydroxyl groups excluding tert-OH is 1. The highest BCUT2D eigenvalue weighted by atomic mass is 79.9. The molecule has 0 radical (unpaired) electrons. The zero-order valence-corrected chi connectivity index (χ0v) is 12.0. The van der Waals surface area contributed by atoms with Gasteiger partial charge in [-0.1, -0.05) is 18.2 Å². The molecule has 0 amide bonds. The number of hydrogen-bond donors (Lipinski definition) is 1. The van der Waals surface area contributed by atoms with Gasteiger partial charge in [-0.05, 0) is 58.2 Å². The number of halogens is 2. The van der Waals surface area contributed by atoms with Crippen LogP contribution in [0.5, 0.6) is 5.75 Å². The van der Waals surface area contributed by atoms with E-state index in [1.54, 1.807) is 36.4 Å². The molecule has 2 nitrogen and oxygen atoms in total. The van der Waals surface area contributed by atoms with Crippen LogP contribution in [-0.4, -0.2) is 11.7 Å². The molecule has 0 spiro atoms. The molecule has 4 heteroatoms. The standard InChI is InChI=1S/C15H14BrFO2/c1-2-19-12-6-3-10(4-7-12)15(18)11-5-8-13(16)14(17)9-11/h3-9,15,18H,2H2,1H3. The summed E-state index contributed by atoms with van der Waals surface area (Å²) < 4.78 is 19.2.